The lowest BCUT2D eigenvalue weighted by Gasteiger charge is -1.95. The summed E-state index contributed by atoms with van der Waals surface area (Å²) in [6.07, 6.45) is 0. The maximum Gasteiger partial charge on any atom is 0.106 e. The van der Waals surface area contributed by atoms with Crippen LogP contribution in [0.1, 0.15) is 5.82 Å². The number of hydrogen-bond acceptors (Lipinski definition) is 1. The normalized spacial score (nSPS) is 10.9. The minimum atomic E-state index is 0.737. The molecule has 0 radical (unpaired) electrons. The molecule has 62 valence electrons. The number of hydrogen-bond donors (Lipinski definition) is 0. The Morgan fingerprint density at radius 2 is 2.17 bits per heavy atom. The van der Waals surface area contributed by atoms with E-state index in [9.17, 15) is 0 Å². The zero-order valence-electron chi connectivity index (χ0n) is 7.00. The van der Waals surface area contributed by atoms with Crippen molar-refractivity contribution in [3.63, 3.8) is 0 Å². The summed E-state index contributed by atoms with van der Waals surface area (Å²) in [6, 6.07) is 5.74. The predicted molar refractivity (Wildman–Crippen MR) is 50.5 cm³/mol. The van der Waals surface area contributed by atoms with Crippen LogP contribution in [0.15, 0.2) is 18.2 Å². The van der Waals surface area contributed by atoms with Gasteiger partial charge in [-0.15, -0.1) is 0 Å². The lowest BCUT2D eigenvalue weighted by Crippen LogP contribution is -1.89. The van der Waals surface area contributed by atoms with Gasteiger partial charge in [-0.05, 0) is 25.1 Å². The molecule has 0 fully saturated rings. The summed E-state index contributed by atoms with van der Waals surface area (Å²) in [6.45, 7) is 1.98. The molecule has 0 aliphatic carbocycles. The van der Waals surface area contributed by atoms with Crippen LogP contribution < -0.4 is 0 Å². The number of nitrogens with zero attached hydrogens (tertiary/aromatic N) is 2. The fourth-order valence-electron chi connectivity index (χ4n) is 1.29. The van der Waals surface area contributed by atoms with Crippen molar-refractivity contribution in [3.05, 3.63) is 29.0 Å². The number of halogens is 1. The van der Waals surface area contributed by atoms with Crippen molar-refractivity contribution in [1.29, 1.82) is 0 Å². The van der Waals surface area contributed by atoms with Crippen molar-refractivity contribution < 1.29 is 0 Å². The summed E-state index contributed by atoms with van der Waals surface area (Å²) in [7, 11) is 2.00. The molecule has 1 aromatic heterocycles. The molecule has 0 unspecified atom stereocenters. The first-order chi connectivity index (χ1) is 5.68. The molecular formula is C9H9ClN2. The van der Waals surface area contributed by atoms with E-state index in [1.54, 1.807) is 0 Å². The van der Waals surface area contributed by atoms with Gasteiger partial charge in [-0.2, -0.15) is 0 Å². The van der Waals surface area contributed by atoms with Crippen LogP contribution in [0.4, 0.5) is 0 Å². The minimum absolute atomic E-state index is 0.737. The third-order valence-electron chi connectivity index (χ3n) is 2.07. The van der Waals surface area contributed by atoms with E-state index in [2.05, 4.69) is 4.98 Å². The van der Waals surface area contributed by atoms with Gasteiger partial charge in [-0.25, -0.2) is 4.98 Å². The standard InChI is InChI=1S/C9H9ClN2/c1-6-11-8-5-7(10)3-4-9(8)12(6)2/h3-5H,1-2H3. The third kappa shape index (κ3) is 0.994. The van der Waals surface area contributed by atoms with Crippen LogP contribution >= 0.6 is 11.6 Å². The lowest BCUT2D eigenvalue weighted by atomic mass is 10.3. The van der Waals surface area contributed by atoms with Crippen LogP contribution in [0.5, 0.6) is 0 Å². The lowest BCUT2D eigenvalue weighted by molar-refractivity contribution is 0.886. The first-order valence-corrected chi connectivity index (χ1v) is 4.15. The SMILES string of the molecule is Cc1nc2cc(Cl)ccc2n1C. The van der Waals surface area contributed by atoms with E-state index in [1.807, 2.05) is 36.7 Å². The molecular weight excluding hydrogens is 172 g/mol. The molecule has 2 aromatic rings. The number of benzene rings is 1. The molecule has 0 amide bonds. The van der Waals surface area contributed by atoms with Gasteiger partial charge in [0.25, 0.3) is 0 Å². The van der Waals surface area contributed by atoms with Crippen molar-refractivity contribution in [1.82, 2.24) is 9.55 Å². The van der Waals surface area contributed by atoms with Gasteiger partial charge in [0, 0.05) is 12.1 Å². The van der Waals surface area contributed by atoms with Crippen molar-refractivity contribution in [3.8, 4) is 0 Å². The molecule has 0 atom stereocenters. The predicted octanol–water partition coefficient (Wildman–Crippen LogP) is 2.54. The van der Waals surface area contributed by atoms with Gasteiger partial charge in [-0.3, -0.25) is 0 Å². The highest BCUT2D eigenvalue weighted by atomic mass is 35.5. The molecule has 2 rings (SSSR count). The van der Waals surface area contributed by atoms with Gasteiger partial charge in [0.15, 0.2) is 0 Å². The Morgan fingerprint density at radius 3 is 2.92 bits per heavy atom. The summed E-state index contributed by atoms with van der Waals surface area (Å²) in [4.78, 5) is 4.35. The number of fused-ring (bicyclic) bond motifs is 1. The molecule has 0 spiro atoms. The maximum absolute atomic E-state index is 5.83. The average molecular weight is 181 g/mol. The van der Waals surface area contributed by atoms with Crippen molar-refractivity contribution >= 4 is 22.6 Å². The van der Waals surface area contributed by atoms with Gasteiger partial charge in [0.2, 0.25) is 0 Å². The molecule has 12 heavy (non-hydrogen) atoms. The highest BCUT2D eigenvalue weighted by Crippen LogP contribution is 2.18. The van der Waals surface area contributed by atoms with E-state index in [-0.39, 0.29) is 0 Å². The van der Waals surface area contributed by atoms with Crippen LogP contribution in [0, 0.1) is 6.92 Å². The average Bonchev–Trinajstić information content (AvgIpc) is 2.28. The van der Waals surface area contributed by atoms with Crippen LogP contribution in [-0.4, -0.2) is 9.55 Å². The molecule has 2 nitrogen and oxygen atoms in total. The molecule has 3 heteroatoms. The second-order valence-electron chi connectivity index (χ2n) is 2.85. The quantitative estimate of drug-likeness (QED) is 0.609. The maximum atomic E-state index is 5.83. The number of imidazole rings is 1. The molecule has 0 bridgehead atoms. The smallest absolute Gasteiger partial charge is 0.106 e. The largest absolute Gasteiger partial charge is 0.331 e. The van der Waals surface area contributed by atoms with Crippen molar-refractivity contribution in [2.75, 3.05) is 0 Å². The van der Waals surface area contributed by atoms with E-state index >= 15 is 0 Å². The third-order valence-corrected chi connectivity index (χ3v) is 2.30. The Balaban J connectivity index is 2.87. The van der Waals surface area contributed by atoms with Crippen molar-refractivity contribution in [2.24, 2.45) is 7.05 Å². The van der Waals surface area contributed by atoms with E-state index in [1.165, 1.54) is 0 Å². The highest BCUT2D eigenvalue weighted by molar-refractivity contribution is 6.31. The molecule has 0 N–H and O–H groups in total. The monoisotopic (exact) mass is 180 g/mol. The Kier molecular flexibility index (Phi) is 1.58. The number of aromatic nitrogens is 2. The van der Waals surface area contributed by atoms with Crippen LogP contribution in [0.3, 0.4) is 0 Å². The van der Waals surface area contributed by atoms with E-state index in [4.69, 9.17) is 11.6 Å². The summed E-state index contributed by atoms with van der Waals surface area (Å²) in [5.74, 6) is 1.01. The van der Waals surface area contributed by atoms with Crippen molar-refractivity contribution in [2.45, 2.75) is 6.92 Å². The van der Waals surface area contributed by atoms with E-state index in [0.717, 1.165) is 21.9 Å². The Bertz CT molecular complexity index is 431. The van der Waals surface area contributed by atoms with E-state index < -0.39 is 0 Å². The molecule has 0 saturated heterocycles. The summed E-state index contributed by atoms with van der Waals surface area (Å²) >= 11 is 5.83. The molecule has 1 heterocycles. The molecule has 1 aromatic carbocycles. The summed E-state index contributed by atoms with van der Waals surface area (Å²) < 4.78 is 2.05. The topological polar surface area (TPSA) is 17.8 Å². The zero-order chi connectivity index (χ0) is 8.72. The van der Waals surface area contributed by atoms with E-state index in [0.29, 0.717) is 0 Å². The highest BCUT2D eigenvalue weighted by Gasteiger charge is 2.02. The molecule has 0 aliphatic rings. The second-order valence-corrected chi connectivity index (χ2v) is 3.29. The zero-order valence-corrected chi connectivity index (χ0v) is 7.76. The first-order valence-electron chi connectivity index (χ1n) is 3.77. The number of rotatable bonds is 0. The Morgan fingerprint density at radius 1 is 1.42 bits per heavy atom. The van der Waals surface area contributed by atoms with Crippen LogP contribution in [-0.2, 0) is 7.05 Å². The Labute approximate surface area is 75.8 Å². The van der Waals surface area contributed by atoms with Gasteiger partial charge < -0.3 is 4.57 Å². The summed E-state index contributed by atoms with van der Waals surface area (Å²) in [5, 5.41) is 0.737. The van der Waals surface area contributed by atoms with Crippen LogP contribution in [0.25, 0.3) is 11.0 Å². The van der Waals surface area contributed by atoms with Gasteiger partial charge >= 0.3 is 0 Å². The van der Waals surface area contributed by atoms with Gasteiger partial charge in [0.1, 0.15) is 5.82 Å². The second kappa shape index (κ2) is 2.49. The summed E-state index contributed by atoms with van der Waals surface area (Å²) in [5.41, 5.74) is 2.08. The fourth-order valence-corrected chi connectivity index (χ4v) is 1.46. The Hall–Kier alpha value is -1.02. The minimum Gasteiger partial charge on any atom is -0.331 e. The van der Waals surface area contributed by atoms with Crippen LogP contribution in [0.2, 0.25) is 5.02 Å². The fraction of sp³-hybridized carbons (Fsp3) is 0.222. The van der Waals surface area contributed by atoms with Gasteiger partial charge in [-0.1, -0.05) is 11.6 Å². The first kappa shape index (κ1) is 7.62. The number of aryl methyl sites for hydroxylation is 2. The molecule has 0 saturated carbocycles. The molecule has 0 aliphatic heterocycles. The van der Waals surface area contributed by atoms with Gasteiger partial charge in [0.05, 0.1) is 11.0 Å².